The predicted molar refractivity (Wildman–Crippen MR) is 18.6 cm³/mol. The second kappa shape index (κ2) is 3.14. The molecule has 0 spiro atoms. The lowest BCUT2D eigenvalue weighted by Crippen LogP contribution is -3.00. The van der Waals surface area contributed by atoms with Gasteiger partial charge in [0, 0.05) is 12.4 Å². The van der Waals surface area contributed by atoms with Crippen LogP contribution in [0.15, 0.2) is 18.7 Å². The molecule has 3 heteroatoms. The van der Waals surface area contributed by atoms with E-state index in [0.717, 1.165) is 0 Å². The Hall–Kier alpha value is -0.0600. The molecule has 1 rings (SSSR count). The Kier molecular flexibility index (Phi) is 3.11. The SMILES string of the molecule is [I-].c1c[nH]cn1. The second-order valence-electron chi connectivity index (χ2n) is 0.761. The van der Waals surface area contributed by atoms with Crippen molar-refractivity contribution in [1.29, 1.82) is 0 Å². The van der Waals surface area contributed by atoms with Crippen LogP contribution < -0.4 is 24.0 Å². The molecule has 0 aliphatic rings. The Labute approximate surface area is 53.0 Å². The zero-order valence-electron chi connectivity index (χ0n) is 3.06. The zero-order chi connectivity index (χ0) is 3.54. The van der Waals surface area contributed by atoms with E-state index >= 15 is 0 Å². The number of nitrogens with zero attached hydrogens (tertiary/aromatic N) is 1. The maximum Gasteiger partial charge on any atom is 0.0919 e. The summed E-state index contributed by atoms with van der Waals surface area (Å²) in [6, 6.07) is 0. The first-order valence-corrected chi connectivity index (χ1v) is 1.43. The molecule has 0 saturated heterocycles. The average molecular weight is 195 g/mol. The van der Waals surface area contributed by atoms with Crippen LogP contribution in [-0.4, -0.2) is 9.97 Å². The summed E-state index contributed by atoms with van der Waals surface area (Å²) in [5, 5.41) is 0. The molecule has 0 saturated carbocycles. The van der Waals surface area contributed by atoms with E-state index < -0.39 is 0 Å². The smallest absolute Gasteiger partial charge is 0.0919 e. The van der Waals surface area contributed by atoms with Gasteiger partial charge in [0.25, 0.3) is 0 Å². The van der Waals surface area contributed by atoms with Crippen LogP contribution in [0.4, 0.5) is 0 Å². The minimum atomic E-state index is 0. The van der Waals surface area contributed by atoms with E-state index in [0.29, 0.717) is 0 Å². The molecule has 1 aromatic rings. The molecule has 34 valence electrons. The van der Waals surface area contributed by atoms with Crippen molar-refractivity contribution in [2.75, 3.05) is 0 Å². The van der Waals surface area contributed by atoms with Crippen LogP contribution in [0.2, 0.25) is 0 Å². The average Bonchev–Trinajstić information content (AvgIpc) is 1.76. The third-order valence-electron chi connectivity index (χ3n) is 0.406. The fourth-order valence-electron chi connectivity index (χ4n) is 0.215. The summed E-state index contributed by atoms with van der Waals surface area (Å²) < 4.78 is 0. The topological polar surface area (TPSA) is 28.7 Å². The molecule has 1 N–H and O–H groups in total. The van der Waals surface area contributed by atoms with Crippen LogP contribution >= 0.6 is 0 Å². The van der Waals surface area contributed by atoms with Crippen LogP contribution in [0.5, 0.6) is 0 Å². The maximum atomic E-state index is 3.67. The number of aromatic amines is 1. The van der Waals surface area contributed by atoms with Gasteiger partial charge in [0.15, 0.2) is 0 Å². The lowest BCUT2D eigenvalue weighted by Gasteiger charge is -1.46. The van der Waals surface area contributed by atoms with Gasteiger partial charge in [-0.05, 0) is 0 Å². The number of imidazole rings is 1. The second-order valence-corrected chi connectivity index (χ2v) is 0.761. The highest BCUT2D eigenvalue weighted by molar-refractivity contribution is 4.64. The third-order valence-corrected chi connectivity index (χ3v) is 0.406. The monoisotopic (exact) mass is 195 g/mol. The van der Waals surface area contributed by atoms with Crippen molar-refractivity contribution in [3.63, 3.8) is 0 Å². The molecule has 1 heterocycles. The van der Waals surface area contributed by atoms with E-state index in [9.17, 15) is 0 Å². The number of aromatic nitrogens is 2. The summed E-state index contributed by atoms with van der Waals surface area (Å²) in [7, 11) is 0. The van der Waals surface area contributed by atoms with Crippen molar-refractivity contribution in [3.8, 4) is 0 Å². The summed E-state index contributed by atoms with van der Waals surface area (Å²) >= 11 is 0. The van der Waals surface area contributed by atoms with E-state index in [2.05, 4.69) is 9.97 Å². The number of hydrogen-bond donors (Lipinski definition) is 1. The summed E-state index contributed by atoms with van der Waals surface area (Å²) in [5.41, 5.74) is 0. The fourth-order valence-corrected chi connectivity index (χ4v) is 0.215. The van der Waals surface area contributed by atoms with Gasteiger partial charge in [-0.2, -0.15) is 0 Å². The van der Waals surface area contributed by atoms with Gasteiger partial charge < -0.3 is 29.0 Å². The normalized spacial score (nSPS) is 6.67. The van der Waals surface area contributed by atoms with Gasteiger partial charge >= 0.3 is 0 Å². The lowest BCUT2D eigenvalue weighted by molar-refractivity contribution is -0.00000116. The quantitative estimate of drug-likeness (QED) is 0.452. The molecule has 0 aliphatic heterocycles. The molecule has 0 aromatic carbocycles. The Bertz CT molecular complexity index is 65.3. The molecule has 1 aromatic heterocycles. The van der Waals surface area contributed by atoms with Gasteiger partial charge in [-0.3, -0.25) is 0 Å². The van der Waals surface area contributed by atoms with E-state index in [1.807, 2.05) is 0 Å². The van der Waals surface area contributed by atoms with E-state index in [-0.39, 0.29) is 24.0 Å². The van der Waals surface area contributed by atoms with Crippen LogP contribution in [0, 0.1) is 0 Å². The molecule has 0 fully saturated rings. The van der Waals surface area contributed by atoms with Crippen molar-refractivity contribution < 1.29 is 24.0 Å². The standard InChI is InChI=1S/C3H4N2.HI/c1-2-5-3-4-1;/h1-3H,(H,4,5);1H/p-1. The van der Waals surface area contributed by atoms with E-state index in [1.54, 1.807) is 18.7 Å². The first-order chi connectivity index (χ1) is 2.50. The summed E-state index contributed by atoms with van der Waals surface area (Å²) in [5.74, 6) is 0. The van der Waals surface area contributed by atoms with Crippen molar-refractivity contribution in [1.82, 2.24) is 9.97 Å². The van der Waals surface area contributed by atoms with Crippen LogP contribution in [0.25, 0.3) is 0 Å². The Morgan fingerprint density at radius 2 is 2.33 bits per heavy atom. The molecule has 0 amide bonds. The van der Waals surface area contributed by atoms with Gasteiger partial charge in [0.1, 0.15) is 0 Å². The number of nitrogens with one attached hydrogen (secondary N) is 1. The molecule has 0 atom stereocenters. The molecule has 2 nitrogen and oxygen atoms in total. The van der Waals surface area contributed by atoms with Gasteiger partial charge in [0.05, 0.1) is 6.33 Å². The molecule has 0 radical (unpaired) electrons. The molecular weight excluding hydrogens is 191 g/mol. The third kappa shape index (κ3) is 1.40. The minimum absolute atomic E-state index is 0. The van der Waals surface area contributed by atoms with Gasteiger partial charge in [0.2, 0.25) is 0 Å². The van der Waals surface area contributed by atoms with Gasteiger partial charge in [-0.25, -0.2) is 4.98 Å². The zero-order valence-corrected chi connectivity index (χ0v) is 5.21. The highest BCUT2D eigenvalue weighted by Gasteiger charge is 1.56. The first-order valence-electron chi connectivity index (χ1n) is 1.43. The summed E-state index contributed by atoms with van der Waals surface area (Å²) in [4.78, 5) is 6.42. The van der Waals surface area contributed by atoms with E-state index in [1.165, 1.54) is 0 Å². The largest absolute Gasteiger partial charge is 1.00 e. The number of H-pyrrole nitrogens is 1. The number of rotatable bonds is 0. The lowest BCUT2D eigenvalue weighted by atomic mass is 11.0. The summed E-state index contributed by atoms with van der Waals surface area (Å²) in [6.07, 6.45) is 5.08. The molecule has 0 unspecified atom stereocenters. The minimum Gasteiger partial charge on any atom is -1.00 e. The predicted octanol–water partition coefficient (Wildman–Crippen LogP) is -2.59. The molecule has 6 heavy (non-hydrogen) atoms. The maximum absolute atomic E-state index is 3.67. The molecule has 0 aliphatic carbocycles. The molecular formula is C3H4IN2-. The Morgan fingerprint density at radius 1 is 1.50 bits per heavy atom. The van der Waals surface area contributed by atoms with Crippen molar-refractivity contribution in [3.05, 3.63) is 18.7 Å². The number of halogens is 1. The Balaban J connectivity index is 0.000000250. The van der Waals surface area contributed by atoms with Crippen LogP contribution in [0.3, 0.4) is 0 Å². The van der Waals surface area contributed by atoms with E-state index in [4.69, 9.17) is 0 Å². The molecule has 0 bridgehead atoms. The van der Waals surface area contributed by atoms with Crippen molar-refractivity contribution in [2.45, 2.75) is 0 Å². The Morgan fingerprint density at radius 3 is 2.50 bits per heavy atom. The van der Waals surface area contributed by atoms with Crippen LogP contribution in [0.1, 0.15) is 0 Å². The van der Waals surface area contributed by atoms with Crippen molar-refractivity contribution in [2.24, 2.45) is 0 Å². The summed E-state index contributed by atoms with van der Waals surface area (Å²) in [6.45, 7) is 0. The first kappa shape index (κ1) is 5.94. The fraction of sp³-hybridized carbons (Fsp3) is 0. The highest BCUT2D eigenvalue weighted by Crippen LogP contribution is 1.62. The number of hydrogen-bond acceptors (Lipinski definition) is 1. The highest BCUT2D eigenvalue weighted by atomic mass is 127. The van der Waals surface area contributed by atoms with Gasteiger partial charge in [-0.1, -0.05) is 0 Å². The van der Waals surface area contributed by atoms with Gasteiger partial charge in [-0.15, -0.1) is 0 Å². The van der Waals surface area contributed by atoms with Crippen LogP contribution in [-0.2, 0) is 0 Å². The van der Waals surface area contributed by atoms with Crippen molar-refractivity contribution >= 4 is 0 Å².